The molecular weight excluding hydrogens is 328 g/mol. The molecule has 0 saturated carbocycles. The lowest BCUT2D eigenvalue weighted by molar-refractivity contribution is -0.105. The van der Waals surface area contributed by atoms with Crippen LogP contribution in [0.4, 0.5) is 11.4 Å². The Morgan fingerprint density at radius 3 is 2.58 bits per heavy atom. The quantitative estimate of drug-likeness (QED) is 0.423. The number of nitrogens with two attached hydrogens (primary N) is 1. The van der Waals surface area contributed by atoms with E-state index >= 15 is 0 Å². The van der Waals surface area contributed by atoms with E-state index in [0.29, 0.717) is 29.1 Å². The van der Waals surface area contributed by atoms with Crippen molar-refractivity contribution in [2.45, 2.75) is 18.9 Å². The van der Waals surface area contributed by atoms with Crippen molar-refractivity contribution in [3.8, 4) is 5.75 Å². The van der Waals surface area contributed by atoms with Crippen LogP contribution in [-0.2, 0) is 4.79 Å². The summed E-state index contributed by atoms with van der Waals surface area (Å²) in [7, 11) is 2.13. The first-order valence-corrected chi connectivity index (χ1v) is 8.71. The van der Waals surface area contributed by atoms with Gasteiger partial charge in [-0.1, -0.05) is 0 Å². The zero-order chi connectivity index (χ0) is 18.5. The van der Waals surface area contributed by atoms with Crippen LogP contribution in [0.3, 0.4) is 0 Å². The van der Waals surface area contributed by atoms with Gasteiger partial charge < -0.3 is 20.7 Å². The van der Waals surface area contributed by atoms with E-state index in [1.54, 1.807) is 18.2 Å². The highest BCUT2D eigenvalue weighted by atomic mass is 16.5. The molecule has 0 bridgehead atoms. The Kier molecular flexibility index (Phi) is 5.53. The highest BCUT2D eigenvalue weighted by molar-refractivity contribution is 6.14. The summed E-state index contributed by atoms with van der Waals surface area (Å²) in [6.45, 7) is 2.11. The van der Waals surface area contributed by atoms with Gasteiger partial charge in [0.1, 0.15) is 11.9 Å². The van der Waals surface area contributed by atoms with Gasteiger partial charge in [-0.2, -0.15) is 0 Å². The summed E-state index contributed by atoms with van der Waals surface area (Å²) in [6, 6.07) is 12.6. The van der Waals surface area contributed by atoms with Crippen LogP contribution in [-0.4, -0.2) is 43.3 Å². The molecule has 4 N–H and O–H groups in total. The summed E-state index contributed by atoms with van der Waals surface area (Å²) in [6.07, 6.45) is 2.91. The summed E-state index contributed by atoms with van der Waals surface area (Å²) in [5.74, 6) is 0.820. The van der Waals surface area contributed by atoms with Gasteiger partial charge in [-0.25, -0.2) is 0 Å². The smallest absolute Gasteiger partial charge is 0.211 e. The molecule has 0 aromatic heterocycles. The Bertz CT molecular complexity index is 781. The van der Waals surface area contributed by atoms with E-state index in [9.17, 15) is 4.79 Å². The van der Waals surface area contributed by atoms with Crippen molar-refractivity contribution >= 4 is 23.5 Å². The molecule has 1 aliphatic rings. The van der Waals surface area contributed by atoms with Crippen molar-refractivity contribution in [3.63, 3.8) is 0 Å². The second-order valence-electron chi connectivity index (χ2n) is 6.58. The van der Waals surface area contributed by atoms with E-state index < -0.39 is 0 Å². The SMILES string of the molecule is CN1CCC(Oc2ccc(C(=N)c3cc(NC=O)ccc3N)cc2)CC1. The average molecular weight is 352 g/mol. The fraction of sp³-hybridized carbons (Fsp3) is 0.300. The van der Waals surface area contributed by atoms with Gasteiger partial charge >= 0.3 is 0 Å². The Morgan fingerprint density at radius 1 is 1.23 bits per heavy atom. The van der Waals surface area contributed by atoms with E-state index in [4.69, 9.17) is 15.9 Å². The Morgan fingerprint density at radius 2 is 1.92 bits per heavy atom. The monoisotopic (exact) mass is 352 g/mol. The number of hydrogen-bond acceptors (Lipinski definition) is 5. The second-order valence-corrected chi connectivity index (χ2v) is 6.58. The third kappa shape index (κ3) is 4.21. The van der Waals surface area contributed by atoms with Crippen molar-refractivity contribution in [3.05, 3.63) is 53.6 Å². The van der Waals surface area contributed by atoms with Crippen molar-refractivity contribution < 1.29 is 9.53 Å². The van der Waals surface area contributed by atoms with Gasteiger partial charge in [0.15, 0.2) is 0 Å². The maximum atomic E-state index is 10.6. The van der Waals surface area contributed by atoms with Gasteiger partial charge in [-0.05, 0) is 62.4 Å². The molecule has 1 heterocycles. The highest BCUT2D eigenvalue weighted by Crippen LogP contribution is 2.23. The largest absolute Gasteiger partial charge is 0.490 e. The zero-order valence-electron chi connectivity index (χ0n) is 14.9. The first-order chi connectivity index (χ1) is 12.6. The standard InChI is InChI=1S/C20H24N4O2/c1-24-10-8-17(9-11-24)26-16-5-2-14(3-6-16)20(22)18-12-15(23-13-25)4-7-19(18)21/h2-7,12-13,17,22H,8-11,21H2,1H3,(H,23,25). The number of hydrogen-bond donors (Lipinski definition) is 3. The Balaban J connectivity index is 1.71. The lowest BCUT2D eigenvalue weighted by Crippen LogP contribution is -2.35. The minimum absolute atomic E-state index is 0.248. The van der Waals surface area contributed by atoms with Crippen LogP contribution >= 0.6 is 0 Å². The minimum Gasteiger partial charge on any atom is -0.490 e. The molecule has 26 heavy (non-hydrogen) atoms. The lowest BCUT2D eigenvalue weighted by atomic mass is 10.00. The van der Waals surface area contributed by atoms with Gasteiger partial charge in [0, 0.05) is 35.6 Å². The summed E-state index contributed by atoms with van der Waals surface area (Å²) in [4.78, 5) is 12.9. The summed E-state index contributed by atoms with van der Waals surface area (Å²) >= 11 is 0. The number of ether oxygens (including phenoxy) is 1. The van der Waals surface area contributed by atoms with E-state index in [2.05, 4.69) is 17.3 Å². The zero-order valence-corrected chi connectivity index (χ0v) is 14.9. The van der Waals surface area contributed by atoms with Gasteiger partial charge in [0.05, 0.1) is 5.71 Å². The molecular formula is C20H24N4O2. The molecule has 0 atom stereocenters. The van der Waals surface area contributed by atoms with E-state index in [1.807, 2.05) is 24.3 Å². The highest BCUT2D eigenvalue weighted by Gasteiger charge is 2.18. The van der Waals surface area contributed by atoms with Gasteiger partial charge in [0.25, 0.3) is 0 Å². The van der Waals surface area contributed by atoms with Gasteiger partial charge in [0.2, 0.25) is 6.41 Å². The van der Waals surface area contributed by atoms with Crippen LogP contribution < -0.4 is 15.8 Å². The fourth-order valence-electron chi connectivity index (χ4n) is 3.08. The third-order valence-electron chi connectivity index (χ3n) is 4.66. The number of anilines is 2. The van der Waals surface area contributed by atoms with Crippen molar-refractivity contribution in [2.24, 2.45) is 0 Å². The predicted octanol–water partition coefficient (Wildman–Crippen LogP) is 2.73. The molecule has 2 aromatic carbocycles. The minimum atomic E-state index is 0.248. The number of carbonyl (C=O) groups is 1. The molecule has 0 aliphatic carbocycles. The van der Waals surface area contributed by atoms with Crippen molar-refractivity contribution in [2.75, 3.05) is 31.2 Å². The van der Waals surface area contributed by atoms with Crippen LogP contribution in [0.25, 0.3) is 0 Å². The molecule has 0 unspecified atom stereocenters. The van der Waals surface area contributed by atoms with Crippen LogP contribution in [0.1, 0.15) is 24.0 Å². The number of rotatable bonds is 6. The summed E-state index contributed by atoms with van der Waals surface area (Å²) in [5.41, 5.74) is 8.75. The van der Waals surface area contributed by atoms with Gasteiger partial charge in [-0.15, -0.1) is 0 Å². The van der Waals surface area contributed by atoms with Gasteiger partial charge in [-0.3, -0.25) is 10.2 Å². The number of benzene rings is 2. The normalized spacial score (nSPS) is 15.4. The molecule has 0 spiro atoms. The molecule has 6 heteroatoms. The molecule has 1 saturated heterocycles. The Labute approximate surface area is 153 Å². The number of amides is 1. The number of nitrogens with one attached hydrogen (secondary N) is 2. The van der Waals surface area contributed by atoms with Crippen molar-refractivity contribution in [1.29, 1.82) is 5.41 Å². The first-order valence-electron chi connectivity index (χ1n) is 8.71. The number of carbonyl (C=O) groups excluding carboxylic acids is 1. The average Bonchev–Trinajstić information content (AvgIpc) is 2.65. The van der Waals surface area contributed by atoms with Crippen LogP contribution in [0.15, 0.2) is 42.5 Å². The number of nitrogen functional groups attached to an aromatic ring is 1. The maximum Gasteiger partial charge on any atom is 0.211 e. The van der Waals surface area contributed by atoms with Crippen LogP contribution in [0, 0.1) is 5.41 Å². The topological polar surface area (TPSA) is 91.4 Å². The summed E-state index contributed by atoms with van der Waals surface area (Å²) < 4.78 is 6.05. The molecule has 1 aliphatic heterocycles. The number of likely N-dealkylation sites (tertiary alicyclic amines) is 1. The Hall–Kier alpha value is -2.86. The molecule has 136 valence electrons. The van der Waals surface area contributed by atoms with E-state index in [1.165, 1.54) is 0 Å². The second kappa shape index (κ2) is 8.01. The first kappa shape index (κ1) is 17.9. The van der Waals surface area contributed by atoms with E-state index in [-0.39, 0.29) is 6.10 Å². The van der Waals surface area contributed by atoms with Crippen LogP contribution in [0.2, 0.25) is 0 Å². The number of piperidine rings is 1. The number of nitrogens with zero attached hydrogens (tertiary/aromatic N) is 1. The molecule has 2 aromatic rings. The third-order valence-corrected chi connectivity index (χ3v) is 4.66. The summed E-state index contributed by atoms with van der Waals surface area (Å²) in [5, 5.41) is 11.0. The van der Waals surface area contributed by atoms with Crippen LogP contribution in [0.5, 0.6) is 5.75 Å². The molecule has 1 amide bonds. The molecule has 1 fully saturated rings. The molecule has 0 radical (unpaired) electrons. The molecule has 6 nitrogen and oxygen atoms in total. The molecule has 3 rings (SSSR count). The maximum absolute atomic E-state index is 10.6. The van der Waals surface area contributed by atoms with E-state index in [0.717, 1.165) is 37.2 Å². The fourth-order valence-corrected chi connectivity index (χ4v) is 3.08. The lowest BCUT2D eigenvalue weighted by Gasteiger charge is -2.29. The predicted molar refractivity (Wildman–Crippen MR) is 104 cm³/mol. The van der Waals surface area contributed by atoms with Crippen molar-refractivity contribution in [1.82, 2.24) is 4.90 Å².